The second-order valence-electron chi connectivity index (χ2n) is 2.78. The summed E-state index contributed by atoms with van der Waals surface area (Å²) in [6, 6.07) is 6.48. The molecule has 0 fully saturated rings. The first-order valence-corrected chi connectivity index (χ1v) is 6.17. The zero-order valence-corrected chi connectivity index (χ0v) is 9.31. The van der Waals surface area contributed by atoms with Crippen molar-refractivity contribution in [3.8, 4) is 5.75 Å². The van der Waals surface area contributed by atoms with Crippen LogP contribution in [-0.4, -0.2) is 14.2 Å². The van der Waals surface area contributed by atoms with Gasteiger partial charge in [-0.15, -0.1) is 0 Å². The first-order chi connectivity index (χ1) is 6.55. The quantitative estimate of drug-likeness (QED) is 0.752. The monoisotopic (exact) mass is 234 g/mol. The van der Waals surface area contributed by atoms with Crippen molar-refractivity contribution in [1.82, 2.24) is 0 Å². The summed E-state index contributed by atoms with van der Waals surface area (Å²) < 4.78 is 27.4. The maximum Gasteiger partial charge on any atom is 0.309 e. The molecule has 0 unspecified atom stereocenters. The predicted molar refractivity (Wildman–Crippen MR) is 56.2 cm³/mol. The second-order valence-corrected chi connectivity index (χ2v) is 4.87. The highest BCUT2D eigenvalue weighted by atomic mass is 35.5. The molecule has 0 spiro atoms. The number of para-hydroxylation sites is 1. The van der Waals surface area contributed by atoms with Crippen LogP contribution in [0.2, 0.25) is 5.02 Å². The van der Waals surface area contributed by atoms with Crippen molar-refractivity contribution in [1.29, 1.82) is 0 Å². The smallest absolute Gasteiger partial charge is 0.309 e. The van der Waals surface area contributed by atoms with Gasteiger partial charge in [0.05, 0.1) is 10.8 Å². The Hall–Kier alpha value is -0.740. The van der Waals surface area contributed by atoms with E-state index in [1.165, 1.54) is 6.07 Å². The summed E-state index contributed by atoms with van der Waals surface area (Å²) in [5.74, 6) is 0.181. The summed E-state index contributed by atoms with van der Waals surface area (Å²) in [6.07, 6.45) is 0.521. The molecule has 0 radical (unpaired) electrons. The van der Waals surface area contributed by atoms with Crippen LogP contribution in [-0.2, 0) is 10.1 Å². The zero-order chi connectivity index (χ0) is 10.6. The molecule has 0 aliphatic heterocycles. The molecule has 0 bridgehead atoms. The van der Waals surface area contributed by atoms with Gasteiger partial charge in [-0.1, -0.05) is 30.7 Å². The van der Waals surface area contributed by atoms with Gasteiger partial charge in [0.1, 0.15) is 0 Å². The molecule has 5 heteroatoms. The topological polar surface area (TPSA) is 43.4 Å². The number of hydrogen-bond acceptors (Lipinski definition) is 3. The normalized spacial score (nSPS) is 11.3. The Bertz CT molecular complexity index is 400. The van der Waals surface area contributed by atoms with Crippen molar-refractivity contribution in [3.05, 3.63) is 29.3 Å². The highest BCUT2D eigenvalue weighted by Crippen LogP contribution is 2.24. The molecular formula is C9H11ClO3S. The van der Waals surface area contributed by atoms with Gasteiger partial charge in [0.2, 0.25) is 0 Å². The molecule has 1 aromatic rings. The van der Waals surface area contributed by atoms with E-state index < -0.39 is 10.1 Å². The van der Waals surface area contributed by atoms with E-state index in [9.17, 15) is 8.42 Å². The van der Waals surface area contributed by atoms with Crippen molar-refractivity contribution >= 4 is 21.7 Å². The second kappa shape index (κ2) is 4.66. The molecule has 0 saturated carbocycles. The molecule has 0 N–H and O–H groups in total. The predicted octanol–water partition coefficient (Wildman–Crippen LogP) is 2.46. The van der Waals surface area contributed by atoms with Gasteiger partial charge in [-0.25, -0.2) is 0 Å². The van der Waals surface area contributed by atoms with Crippen LogP contribution in [0.4, 0.5) is 0 Å². The third-order valence-electron chi connectivity index (χ3n) is 1.51. The van der Waals surface area contributed by atoms with Crippen molar-refractivity contribution in [2.45, 2.75) is 13.3 Å². The van der Waals surface area contributed by atoms with Gasteiger partial charge in [-0.2, -0.15) is 8.42 Å². The van der Waals surface area contributed by atoms with Crippen molar-refractivity contribution in [2.24, 2.45) is 0 Å². The van der Waals surface area contributed by atoms with Gasteiger partial charge >= 0.3 is 10.1 Å². The summed E-state index contributed by atoms with van der Waals surface area (Å²) in [6.45, 7) is 1.77. The SMILES string of the molecule is CCCS(=O)(=O)Oc1ccccc1Cl. The summed E-state index contributed by atoms with van der Waals surface area (Å²) in [4.78, 5) is 0. The lowest BCUT2D eigenvalue weighted by atomic mass is 10.3. The Morgan fingerprint density at radius 2 is 2.00 bits per heavy atom. The van der Waals surface area contributed by atoms with Crippen LogP contribution in [0.1, 0.15) is 13.3 Å². The first kappa shape index (κ1) is 11.3. The Balaban J connectivity index is 2.84. The van der Waals surface area contributed by atoms with Crippen molar-refractivity contribution in [2.75, 3.05) is 5.75 Å². The van der Waals surface area contributed by atoms with E-state index >= 15 is 0 Å². The maximum atomic E-state index is 11.3. The van der Waals surface area contributed by atoms with Gasteiger partial charge in [-0.3, -0.25) is 0 Å². The Kier molecular flexibility index (Phi) is 3.77. The lowest BCUT2D eigenvalue weighted by Gasteiger charge is -2.06. The molecule has 0 saturated heterocycles. The Morgan fingerprint density at radius 3 is 2.57 bits per heavy atom. The van der Waals surface area contributed by atoms with Crippen molar-refractivity contribution < 1.29 is 12.6 Å². The fourth-order valence-corrected chi connectivity index (χ4v) is 2.16. The fraction of sp³-hybridized carbons (Fsp3) is 0.333. The van der Waals surface area contributed by atoms with E-state index in [0.29, 0.717) is 11.4 Å². The fourth-order valence-electron chi connectivity index (χ4n) is 0.941. The zero-order valence-electron chi connectivity index (χ0n) is 7.73. The Morgan fingerprint density at radius 1 is 1.36 bits per heavy atom. The number of hydrogen-bond donors (Lipinski definition) is 0. The summed E-state index contributed by atoms with van der Waals surface area (Å²) in [5.41, 5.74) is 0. The van der Waals surface area contributed by atoms with Crippen molar-refractivity contribution in [3.63, 3.8) is 0 Å². The lowest BCUT2D eigenvalue weighted by Crippen LogP contribution is -2.13. The average Bonchev–Trinajstić information content (AvgIpc) is 2.08. The van der Waals surface area contributed by atoms with E-state index in [-0.39, 0.29) is 11.5 Å². The van der Waals surface area contributed by atoms with Crippen LogP contribution in [0.3, 0.4) is 0 Å². The minimum atomic E-state index is -3.49. The number of halogens is 1. The number of rotatable bonds is 4. The van der Waals surface area contributed by atoms with E-state index in [1.807, 2.05) is 0 Å². The molecule has 1 rings (SSSR count). The third kappa shape index (κ3) is 3.20. The highest BCUT2D eigenvalue weighted by molar-refractivity contribution is 7.87. The van der Waals surface area contributed by atoms with Crippen LogP contribution in [0.5, 0.6) is 5.75 Å². The summed E-state index contributed by atoms with van der Waals surface area (Å²) in [7, 11) is -3.49. The van der Waals surface area contributed by atoms with Gasteiger partial charge in [-0.05, 0) is 18.6 Å². The molecular weight excluding hydrogens is 224 g/mol. The summed E-state index contributed by atoms with van der Waals surface area (Å²) >= 11 is 5.74. The molecule has 1 aromatic carbocycles. The van der Waals surface area contributed by atoms with Crippen LogP contribution in [0.15, 0.2) is 24.3 Å². The maximum absolute atomic E-state index is 11.3. The minimum absolute atomic E-state index is 0.00176. The number of benzene rings is 1. The average molecular weight is 235 g/mol. The van der Waals surface area contributed by atoms with Crippen LogP contribution in [0, 0.1) is 0 Å². The summed E-state index contributed by atoms with van der Waals surface area (Å²) in [5, 5.41) is 0.298. The highest BCUT2D eigenvalue weighted by Gasteiger charge is 2.12. The molecule has 0 aliphatic carbocycles. The van der Waals surface area contributed by atoms with Crippen LogP contribution >= 0.6 is 11.6 Å². The standard InChI is InChI=1S/C9H11ClO3S/c1-2-7-14(11,12)13-9-6-4-3-5-8(9)10/h3-6H,2,7H2,1H3. The molecule has 0 amide bonds. The molecule has 14 heavy (non-hydrogen) atoms. The largest absolute Gasteiger partial charge is 0.381 e. The van der Waals surface area contributed by atoms with Crippen LogP contribution in [0.25, 0.3) is 0 Å². The van der Waals surface area contributed by atoms with Gasteiger partial charge in [0.25, 0.3) is 0 Å². The van der Waals surface area contributed by atoms with Crippen LogP contribution < -0.4 is 4.18 Å². The minimum Gasteiger partial charge on any atom is -0.381 e. The molecule has 0 aromatic heterocycles. The van der Waals surface area contributed by atoms with E-state index in [4.69, 9.17) is 15.8 Å². The molecule has 0 atom stereocenters. The van der Waals surface area contributed by atoms with Gasteiger partial charge in [0.15, 0.2) is 5.75 Å². The van der Waals surface area contributed by atoms with E-state index in [0.717, 1.165) is 0 Å². The van der Waals surface area contributed by atoms with E-state index in [2.05, 4.69) is 0 Å². The molecule has 3 nitrogen and oxygen atoms in total. The first-order valence-electron chi connectivity index (χ1n) is 4.22. The van der Waals surface area contributed by atoms with Gasteiger partial charge < -0.3 is 4.18 Å². The van der Waals surface area contributed by atoms with E-state index in [1.54, 1.807) is 25.1 Å². The molecule has 0 heterocycles. The molecule has 0 aliphatic rings. The van der Waals surface area contributed by atoms with Gasteiger partial charge in [0, 0.05) is 0 Å². The lowest BCUT2D eigenvalue weighted by molar-refractivity contribution is 0.485. The molecule has 78 valence electrons. The Labute approximate surface area is 88.8 Å². The third-order valence-corrected chi connectivity index (χ3v) is 3.16.